The number of hydrogen-bond acceptors (Lipinski definition) is 8. The number of urea groups is 1. The van der Waals surface area contributed by atoms with Crippen molar-refractivity contribution < 1.29 is 14.3 Å². The van der Waals surface area contributed by atoms with Gasteiger partial charge in [-0.25, -0.2) is 9.78 Å². The van der Waals surface area contributed by atoms with Crippen LogP contribution in [0.2, 0.25) is 0 Å². The summed E-state index contributed by atoms with van der Waals surface area (Å²) in [5.41, 5.74) is 1.59. The maximum absolute atomic E-state index is 12.3. The molecule has 2 heterocycles. The molecule has 0 fully saturated rings. The number of amides is 3. The number of benzene rings is 1. The molecule has 3 aromatic rings. The van der Waals surface area contributed by atoms with Crippen LogP contribution in [-0.4, -0.2) is 57.6 Å². The summed E-state index contributed by atoms with van der Waals surface area (Å²) in [4.78, 5) is 28.4. The maximum atomic E-state index is 12.3. The van der Waals surface area contributed by atoms with Gasteiger partial charge in [-0.1, -0.05) is 6.07 Å². The van der Waals surface area contributed by atoms with Gasteiger partial charge >= 0.3 is 6.03 Å². The SMILES string of the molecule is CCNC(=O)Nc1cc(Nc2cccc(-c3ncn(C)n3)c2OC)c(C(=O)NC)nn1. The molecule has 3 amide bonds. The monoisotopic (exact) mass is 425 g/mol. The van der Waals surface area contributed by atoms with E-state index in [2.05, 4.69) is 41.5 Å². The minimum absolute atomic E-state index is 0.0485. The first-order valence-corrected chi connectivity index (χ1v) is 9.41. The molecule has 12 nitrogen and oxygen atoms in total. The number of ether oxygens (including phenoxy) is 1. The van der Waals surface area contributed by atoms with E-state index in [4.69, 9.17) is 4.74 Å². The van der Waals surface area contributed by atoms with Crippen LogP contribution in [0.15, 0.2) is 30.6 Å². The van der Waals surface area contributed by atoms with Gasteiger partial charge in [0, 0.05) is 26.7 Å². The molecule has 4 N–H and O–H groups in total. The Balaban J connectivity index is 2.02. The largest absolute Gasteiger partial charge is 0.494 e. The van der Waals surface area contributed by atoms with Gasteiger partial charge in [-0.15, -0.1) is 10.2 Å². The topological polar surface area (TPSA) is 148 Å². The quantitative estimate of drug-likeness (QED) is 0.445. The number of para-hydroxylation sites is 1. The molecular weight excluding hydrogens is 402 g/mol. The highest BCUT2D eigenvalue weighted by molar-refractivity contribution is 5.99. The van der Waals surface area contributed by atoms with Crippen LogP contribution in [0.4, 0.5) is 22.0 Å². The number of carbonyl (C=O) groups excluding carboxylic acids is 2. The van der Waals surface area contributed by atoms with Crippen molar-refractivity contribution in [3.05, 3.63) is 36.3 Å². The lowest BCUT2D eigenvalue weighted by atomic mass is 10.1. The zero-order valence-corrected chi connectivity index (χ0v) is 17.6. The Morgan fingerprint density at radius 2 is 2.00 bits per heavy atom. The fourth-order valence-corrected chi connectivity index (χ4v) is 2.79. The number of anilines is 3. The van der Waals surface area contributed by atoms with Gasteiger partial charge in [-0.3, -0.25) is 14.8 Å². The van der Waals surface area contributed by atoms with Gasteiger partial charge in [0.1, 0.15) is 6.33 Å². The predicted molar refractivity (Wildman–Crippen MR) is 114 cm³/mol. The van der Waals surface area contributed by atoms with Crippen LogP contribution in [0.3, 0.4) is 0 Å². The predicted octanol–water partition coefficient (Wildman–Crippen LogP) is 1.53. The fraction of sp³-hybridized carbons (Fsp3) is 0.263. The van der Waals surface area contributed by atoms with Gasteiger partial charge < -0.3 is 20.7 Å². The maximum Gasteiger partial charge on any atom is 0.320 e. The highest BCUT2D eigenvalue weighted by atomic mass is 16.5. The van der Waals surface area contributed by atoms with Crippen LogP contribution in [0.25, 0.3) is 11.4 Å². The van der Waals surface area contributed by atoms with Crippen molar-refractivity contribution in [3.8, 4) is 17.1 Å². The van der Waals surface area contributed by atoms with Crippen LogP contribution < -0.4 is 26.0 Å². The van der Waals surface area contributed by atoms with Crippen molar-refractivity contribution in [2.24, 2.45) is 7.05 Å². The van der Waals surface area contributed by atoms with Gasteiger partial charge in [0.25, 0.3) is 5.91 Å². The second kappa shape index (κ2) is 9.52. The molecule has 0 radical (unpaired) electrons. The normalized spacial score (nSPS) is 10.3. The molecule has 0 aliphatic carbocycles. The summed E-state index contributed by atoms with van der Waals surface area (Å²) in [6, 6.07) is 6.48. The number of nitrogens with zero attached hydrogens (tertiary/aromatic N) is 5. The summed E-state index contributed by atoms with van der Waals surface area (Å²) in [5, 5.41) is 23.0. The van der Waals surface area contributed by atoms with E-state index in [1.165, 1.54) is 20.2 Å². The van der Waals surface area contributed by atoms with Crippen LogP contribution in [0, 0.1) is 0 Å². The van der Waals surface area contributed by atoms with Crippen molar-refractivity contribution in [1.82, 2.24) is 35.6 Å². The Labute approximate surface area is 178 Å². The summed E-state index contributed by atoms with van der Waals surface area (Å²) in [6.07, 6.45) is 1.59. The second-order valence-electron chi connectivity index (χ2n) is 6.31. The van der Waals surface area contributed by atoms with E-state index in [-0.39, 0.29) is 11.5 Å². The zero-order chi connectivity index (χ0) is 22.4. The van der Waals surface area contributed by atoms with Gasteiger partial charge in [0.2, 0.25) is 0 Å². The van der Waals surface area contributed by atoms with Gasteiger partial charge in [-0.05, 0) is 19.1 Å². The van der Waals surface area contributed by atoms with Crippen molar-refractivity contribution in [2.75, 3.05) is 31.3 Å². The number of hydrogen-bond donors (Lipinski definition) is 4. The van der Waals surface area contributed by atoms with Crippen LogP contribution >= 0.6 is 0 Å². The Hall–Kier alpha value is -4.22. The van der Waals surface area contributed by atoms with Gasteiger partial charge in [0.15, 0.2) is 23.1 Å². The Morgan fingerprint density at radius 3 is 2.65 bits per heavy atom. The number of aromatic nitrogens is 5. The van der Waals surface area contributed by atoms with E-state index in [0.717, 1.165) is 0 Å². The zero-order valence-electron chi connectivity index (χ0n) is 17.6. The molecule has 3 rings (SSSR count). The van der Waals surface area contributed by atoms with Gasteiger partial charge in [-0.2, -0.15) is 5.10 Å². The number of rotatable bonds is 7. The van der Waals surface area contributed by atoms with E-state index >= 15 is 0 Å². The standard InChI is InChI=1S/C19H23N9O3/c1-5-21-19(30)24-14-9-13(15(26-25-14)18(29)20-2)23-12-8-6-7-11(16(12)31-4)17-22-10-28(3)27-17/h6-10H,5H2,1-4H3,(H,20,29)(H3,21,23,24,25,30). The van der Waals surface area contributed by atoms with Crippen molar-refractivity contribution in [3.63, 3.8) is 0 Å². The Kier molecular flexibility index (Phi) is 6.60. The fourth-order valence-electron chi connectivity index (χ4n) is 2.79. The Morgan fingerprint density at radius 1 is 1.19 bits per heavy atom. The highest BCUT2D eigenvalue weighted by Crippen LogP contribution is 2.37. The highest BCUT2D eigenvalue weighted by Gasteiger charge is 2.19. The molecule has 12 heteroatoms. The van der Waals surface area contributed by atoms with Crippen LogP contribution in [-0.2, 0) is 7.05 Å². The van der Waals surface area contributed by atoms with E-state index < -0.39 is 11.9 Å². The first kappa shape index (κ1) is 21.5. The summed E-state index contributed by atoms with van der Waals surface area (Å²) < 4.78 is 7.19. The smallest absolute Gasteiger partial charge is 0.320 e. The molecule has 0 saturated carbocycles. The van der Waals surface area contributed by atoms with Crippen molar-refractivity contribution in [2.45, 2.75) is 6.92 Å². The average molecular weight is 425 g/mol. The molecule has 0 unspecified atom stereocenters. The summed E-state index contributed by atoms with van der Waals surface area (Å²) in [5.74, 6) is 0.691. The summed E-state index contributed by atoms with van der Waals surface area (Å²) in [6.45, 7) is 2.24. The lowest BCUT2D eigenvalue weighted by Crippen LogP contribution is -2.29. The minimum Gasteiger partial charge on any atom is -0.494 e. The van der Waals surface area contributed by atoms with Crippen molar-refractivity contribution in [1.29, 1.82) is 0 Å². The molecule has 1 aromatic carbocycles. The molecule has 31 heavy (non-hydrogen) atoms. The van der Waals surface area contributed by atoms with Crippen LogP contribution in [0.5, 0.6) is 5.75 Å². The average Bonchev–Trinajstić information content (AvgIpc) is 3.19. The molecule has 162 valence electrons. The minimum atomic E-state index is -0.443. The molecule has 0 spiro atoms. The van der Waals surface area contributed by atoms with Crippen LogP contribution in [0.1, 0.15) is 17.4 Å². The molecule has 0 atom stereocenters. The third-order valence-electron chi connectivity index (χ3n) is 4.14. The number of methoxy groups -OCH3 is 1. The molecule has 0 bridgehead atoms. The lowest BCUT2D eigenvalue weighted by Gasteiger charge is -2.16. The van der Waals surface area contributed by atoms with E-state index in [1.807, 2.05) is 6.07 Å². The molecule has 0 aliphatic rings. The first-order valence-electron chi connectivity index (χ1n) is 9.41. The number of aryl methyl sites for hydroxylation is 1. The third kappa shape index (κ3) is 4.86. The summed E-state index contributed by atoms with van der Waals surface area (Å²) >= 11 is 0. The Bertz CT molecular complexity index is 1100. The second-order valence-corrected chi connectivity index (χ2v) is 6.31. The van der Waals surface area contributed by atoms with E-state index in [9.17, 15) is 9.59 Å². The first-order chi connectivity index (χ1) is 15.0. The number of nitrogens with one attached hydrogen (secondary N) is 4. The van der Waals surface area contributed by atoms with E-state index in [1.54, 1.807) is 37.1 Å². The molecule has 0 saturated heterocycles. The molecule has 2 aromatic heterocycles. The van der Waals surface area contributed by atoms with Gasteiger partial charge in [0.05, 0.1) is 24.0 Å². The number of carbonyl (C=O) groups is 2. The third-order valence-corrected chi connectivity index (χ3v) is 4.14. The van der Waals surface area contributed by atoms with E-state index in [0.29, 0.717) is 35.1 Å². The summed E-state index contributed by atoms with van der Waals surface area (Å²) in [7, 11) is 4.79. The lowest BCUT2D eigenvalue weighted by molar-refractivity contribution is 0.0958. The molecule has 0 aliphatic heterocycles. The van der Waals surface area contributed by atoms with Crippen molar-refractivity contribution >= 4 is 29.1 Å². The molecular formula is C19H23N9O3.